The van der Waals surface area contributed by atoms with Gasteiger partial charge in [0.15, 0.2) is 0 Å². The standard InChI is InChI=1S/C24H31NO2/c1-6-16-27-20-13-10-19(11-14-20)12-15-23(26)25-24-21(17(2)3)8-7-9-22(24)18(4)5/h7-15,17-18H,6,16H2,1-5H3,(H,25,26). The Balaban J connectivity index is 2.12. The largest absolute Gasteiger partial charge is 0.494 e. The Hall–Kier alpha value is -2.55. The molecule has 1 N–H and O–H groups in total. The Morgan fingerprint density at radius 2 is 1.59 bits per heavy atom. The number of amides is 1. The molecule has 0 aliphatic carbocycles. The van der Waals surface area contributed by atoms with Crippen LogP contribution in [-0.2, 0) is 4.79 Å². The predicted molar refractivity (Wildman–Crippen MR) is 115 cm³/mol. The quantitative estimate of drug-likeness (QED) is 0.552. The molecule has 0 aliphatic heterocycles. The molecule has 3 nitrogen and oxygen atoms in total. The van der Waals surface area contributed by atoms with Crippen molar-refractivity contribution in [3.05, 3.63) is 65.2 Å². The molecule has 27 heavy (non-hydrogen) atoms. The first-order valence-corrected chi connectivity index (χ1v) is 9.77. The fourth-order valence-electron chi connectivity index (χ4n) is 2.93. The van der Waals surface area contributed by atoms with Crippen molar-refractivity contribution in [2.75, 3.05) is 11.9 Å². The van der Waals surface area contributed by atoms with Gasteiger partial charge in [0, 0.05) is 11.8 Å². The third kappa shape index (κ3) is 5.99. The van der Waals surface area contributed by atoms with E-state index in [0.717, 1.165) is 23.4 Å². The molecule has 1 amide bonds. The molecule has 0 aromatic heterocycles. The van der Waals surface area contributed by atoms with Crippen LogP contribution in [0.4, 0.5) is 5.69 Å². The number of para-hydroxylation sites is 1. The SMILES string of the molecule is CCCOc1ccc(C=CC(=O)Nc2c(C(C)C)cccc2C(C)C)cc1. The van der Waals surface area contributed by atoms with E-state index in [1.807, 2.05) is 30.3 Å². The molecule has 144 valence electrons. The van der Waals surface area contributed by atoms with Crippen molar-refractivity contribution in [3.63, 3.8) is 0 Å². The van der Waals surface area contributed by atoms with Crippen molar-refractivity contribution in [1.82, 2.24) is 0 Å². The molecule has 0 saturated heterocycles. The Bertz CT molecular complexity index is 747. The number of anilines is 1. The number of ether oxygens (including phenoxy) is 1. The molecule has 0 bridgehead atoms. The van der Waals surface area contributed by atoms with Crippen LogP contribution in [0, 0.1) is 0 Å². The second kappa shape index (κ2) is 9.96. The molecule has 0 fully saturated rings. The number of benzene rings is 2. The van der Waals surface area contributed by atoms with Gasteiger partial charge in [0.2, 0.25) is 5.91 Å². The second-order valence-electron chi connectivity index (χ2n) is 7.36. The topological polar surface area (TPSA) is 38.3 Å². The van der Waals surface area contributed by atoms with Gasteiger partial charge < -0.3 is 10.1 Å². The van der Waals surface area contributed by atoms with Crippen LogP contribution in [0.3, 0.4) is 0 Å². The highest BCUT2D eigenvalue weighted by molar-refractivity contribution is 6.03. The minimum Gasteiger partial charge on any atom is -0.494 e. The van der Waals surface area contributed by atoms with E-state index in [1.54, 1.807) is 6.08 Å². The fourth-order valence-corrected chi connectivity index (χ4v) is 2.93. The maximum atomic E-state index is 12.5. The molecule has 0 aliphatic rings. The average Bonchev–Trinajstić information content (AvgIpc) is 2.65. The van der Waals surface area contributed by atoms with Gasteiger partial charge in [-0.15, -0.1) is 0 Å². The summed E-state index contributed by atoms with van der Waals surface area (Å²) >= 11 is 0. The molecule has 0 atom stereocenters. The summed E-state index contributed by atoms with van der Waals surface area (Å²) in [6.07, 6.45) is 4.40. The number of carbonyl (C=O) groups is 1. The summed E-state index contributed by atoms with van der Waals surface area (Å²) < 4.78 is 5.58. The van der Waals surface area contributed by atoms with Crippen LogP contribution in [0.25, 0.3) is 6.08 Å². The minimum absolute atomic E-state index is 0.115. The lowest BCUT2D eigenvalue weighted by Crippen LogP contribution is -2.13. The number of hydrogen-bond donors (Lipinski definition) is 1. The summed E-state index contributed by atoms with van der Waals surface area (Å²) in [6.45, 7) is 11.4. The van der Waals surface area contributed by atoms with E-state index < -0.39 is 0 Å². The van der Waals surface area contributed by atoms with E-state index in [-0.39, 0.29) is 5.91 Å². The van der Waals surface area contributed by atoms with Crippen molar-refractivity contribution < 1.29 is 9.53 Å². The van der Waals surface area contributed by atoms with Gasteiger partial charge in [-0.3, -0.25) is 4.79 Å². The van der Waals surface area contributed by atoms with Crippen LogP contribution < -0.4 is 10.1 Å². The van der Waals surface area contributed by atoms with E-state index in [1.165, 1.54) is 11.1 Å². The monoisotopic (exact) mass is 365 g/mol. The number of rotatable bonds is 8. The lowest BCUT2D eigenvalue weighted by Gasteiger charge is -2.19. The van der Waals surface area contributed by atoms with Gasteiger partial charge in [-0.25, -0.2) is 0 Å². The predicted octanol–water partition coefficient (Wildman–Crippen LogP) is 6.37. The number of hydrogen-bond acceptors (Lipinski definition) is 2. The van der Waals surface area contributed by atoms with Gasteiger partial charge >= 0.3 is 0 Å². The molecule has 0 saturated carbocycles. The molecular formula is C24H31NO2. The summed E-state index contributed by atoms with van der Waals surface area (Å²) in [7, 11) is 0. The zero-order valence-electron chi connectivity index (χ0n) is 17.1. The summed E-state index contributed by atoms with van der Waals surface area (Å²) in [6, 6.07) is 14.0. The average molecular weight is 366 g/mol. The normalized spacial score (nSPS) is 11.4. The van der Waals surface area contributed by atoms with E-state index in [4.69, 9.17) is 4.74 Å². The molecule has 0 spiro atoms. The molecule has 3 heteroatoms. The van der Waals surface area contributed by atoms with Crippen molar-refractivity contribution in [3.8, 4) is 5.75 Å². The zero-order chi connectivity index (χ0) is 19.8. The van der Waals surface area contributed by atoms with E-state index in [0.29, 0.717) is 18.4 Å². The highest BCUT2D eigenvalue weighted by Crippen LogP contribution is 2.32. The third-order valence-corrected chi connectivity index (χ3v) is 4.40. The maximum absolute atomic E-state index is 12.5. The van der Waals surface area contributed by atoms with Crippen LogP contribution in [0.1, 0.15) is 69.6 Å². The van der Waals surface area contributed by atoms with E-state index >= 15 is 0 Å². The second-order valence-corrected chi connectivity index (χ2v) is 7.36. The summed E-state index contributed by atoms with van der Waals surface area (Å²) in [5.41, 5.74) is 4.25. The van der Waals surface area contributed by atoms with Gasteiger partial charge in [-0.05, 0) is 53.2 Å². The maximum Gasteiger partial charge on any atom is 0.248 e. The summed E-state index contributed by atoms with van der Waals surface area (Å²) in [5.74, 6) is 1.43. The van der Waals surface area contributed by atoms with Crippen molar-refractivity contribution >= 4 is 17.7 Å². The van der Waals surface area contributed by atoms with Gasteiger partial charge in [-0.1, -0.05) is 65.0 Å². The number of carbonyl (C=O) groups excluding carboxylic acids is 1. The fraction of sp³-hybridized carbons (Fsp3) is 0.375. The Morgan fingerprint density at radius 1 is 1.00 bits per heavy atom. The summed E-state index contributed by atoms with van der Waals surface area (Å²) in [5, 5.41) is 3.10. The van der Waals surface area contributed by atoms with Gasteiger partial charge in [0.25, 0.3) is 0 Å². The van der Waals surface area contributed by atoms with Crippen molar-refractivity contribution in [2.45, 2.75) is 52.9 Å². The Morgan fingerprint density at radius 3 is 2.11 bits per heavy atom. The smallest absolute Gasteiger partial charge is 0.248 e. The molecule has 2 aromatic rings. The van der Waals surface area contributed by atoms with E-state index in [2.05, 4.69) is 58.1 Å². The Labute approximate surface area is 163 Å². The zero-order valence-corrected chi connectivity index (χ0v) is 17.1. The van der Waals surface area contributed by atoms with Gasteiger partial charge in [0.1, 0.15) is 5.75 Å². The Kier molecular flexibility index (Phi) is 7.66. The van der Waals surface area contributed by atoms with Gasteiger partial charge in [-0.2, -0.15) is 0 Å². The lowest BCUT2D eigenvalue weighted by atomic mass is 9.92. The number of nitrogens with one attached hydrogen (secondary N) is 1. The molecule has 0 unspecified atom stereocenters. The van der Waals surface area contributed by atoms with Crippen LogP contribution in [0.15, 0.2) is 48.5 Å². The molecule has 0 heterocycles. The van der Waals surface area contributed by atoms with Crippen LogP contribution >= 0.6 is 0 Å². The van der Waals surface area contributed by atoms with E-state index in [9.17, 15) is 4.79 Å². The van der Waals surface area contributed by atoms with Crippen LogP contribution in [0.2, 0.25) is 0 Å². The first-order chi connectivity index (χ1) is 12.9. The van der Waals surface area contributed by atoms with Crippen LogP contribution in [0.5, 0.6) is 5.75 Å². The lowest BCUT2D eigenvalue weighted by molar-refractivity contribution is -0.111. The molecule has 2 rings (SSSR count). The summed E-state index contributed by atoms with van der Waals surface area (Å²) in [4.78, 5) is 12.5. The highest BCUT2D eigenvalue weighted by atomic mass is 16.5. The van der Waals surface area contributed by atoms with Gasteiger partial charge in [0.05, 0.1) is 6.61 Å². The van der Waals surface area contributed by atoms with Crippen molar-refractivity contribution in [1.29, 1.82) is 0 Å². The molecule has 0 radical (unpaired) electrons. The van der Waals surface area contributed by atoms with Crippen LogP contribution in [-0.4, -0.2) is 12.5 Å². The van der Waals surface area contributed by atoms with Crippen molar-refractivity contribution in [2.24, 2.45) is 0 Å². The third-order valence-electron chi connectivity index (χ3n) is 4.40. The molecule has 2 aromatic carbocycles. The minimum atomic E-state index is -0.115. The molecular weight excluding hydrogens is 334 g/mol. The first kappa shape index (κ1) is 20.8. The highest BCUT2D eigenvalue weighted by Gasteiger charge is 2.14. The first-order valence-electron chi connectivity index (χ1n) is 9.77.